The zero-order chi connectivity index (χ0) is 15.6. The molecule has 0 saturated carbocycles. The van der Waals surface area contributed by atoms with E-state index in [0.29, 0.717) is 22.3 Å². The zero-order valence-corrected chi connectivity index (χ0v) is 13.5. The van der Waals surface area contributed by atoms with Crippen molar-refractivity contribution >= 4 is 40.7 Å². The smallest absolute Gasteiger partial charge is 0.227 e. The number of rotatable bonds is 4. The molecular weight excluding hydrogens is 311 g/mol. The van der Waals surface area contributed by atoms with E-state index < -0.39 is 0 Å². The Morgan fingerprint density at radius 2 is 2.05 bits per heavy atom. The van der Waals surface area contributed by atoms with Crippen LogP contribution in [0, 0.1) is 5.92 Å². The average Bonchev–Trinajstić information content (AvgIpc) is 2.81. The number of carbonyl (C=O) groups excluding carboxylic acids is 2. The molecule has 1 aliphatic rings. The van der Waals surface area contributed by atoms with Crippen molar-refractivity contribution in [2.75, 3.05) is 11.4 Å². The molecule has 114 valence electrons. The SMILES string of the molecule is CCC(C)NC(=O)C1CC(=O)N(c2c(Cl)cccc2Cl)C1. The maximum absolute atomic E-state index is 12.2. The Kier molecular flexibility index (Phi) is 5.12. The Hall–Kier alpha value is -1.26. The number of hydrogen-bond donors (Lipinski definition) is 1. The molecule has 1 fully saturated rings. The van der Waals surface area contributed by atoms with E-state index in [0.717, 1.165) is 6.42 Å². The second kappa shape index (κ2) is 6.67. The summed E-state index contributed by atoms with van der Waals surface area (Å²) in [5.41, 5.74) is 0.490. The molecule has 1 aliphatic heterocycles. The molecule has 1 saturated heterocycles. The first-order valence-electron chi connectivity index (χ1n) is 6.98. The summed E-state index contributed by atoms with van der Waals surface area (Å²) in [7, 11) is 0. The molecule has 1 aromatic carbocycles. The van der Waals surface area contributed by atoms with Gasteiger partial charge in [-0.15, -0.1) is 0 Å². The van der Waals surface area contributed by atoms with Crippen LogP contribution in [0.5, 0.6) is 0 Å². The highest BCUT2D eigenvalue weighted by Crippen LogP contribution is 2.37. The number of nitrogens with zero attached hydrogens (tertiary/aromatic N) is 1. The lowest BCUT2D eigenvalue weighted by atomic mass is 10.1. The maximum atomic E-state index is 12.2. The standard InChI is InChI=1S/C15H18Cl2N2O2/c1-3-9(2)18-15(21)10-7-13(20)19(8-10)14-11(16)5-4-6-12(14)17/h4-6,9-10H,3,7-8H2,1-2H3,(H,18,21). The largest absolute Gasteiger partial charge is 0.353 e. The highest BCUT2D eigenvalue weighted by atomic mass is 35.5. The maximum Gasteiger partial charge on any atom is 0.227 e. The quantitative estimate of drug-likeness (QED) is 0.922. The minimum atomic E-state index is -0.362. The van der Waals surface area contributed by atoms with Gasteiger partial charge in [-0.2, -0.15) is 0 Å². The number of hydrogen-bond acceptors (Lipinski definition) is 2. The lowest BCUT2D eigenvalue weighted by Crippen LogP contribution is -2.38. The van der Waals surface area contributed by atoms with E-state index in [1.807, 2.05) is 13.8 Å². The Morgan fingerprint density at radius 3 is 2.62 bits per heavy atom. The minimum Gasteiger partial charge on any atom is -0.353 e. The first-order chi connectivity index (χ1) is 9.93. The predicted octanol–water partition coefficient (Wildman–Crippen LogP) is 3.26. The summed E-state index contributed by atoms with van der Waals surface area (Å²) in [5.74, 6) is -0.587. The van der Waals surface area contributed by atoms with Crippen LogP contribution in [-0.4, -0.2) is 24.4 Å². The van der Waals surface area contributed by atoms with E-state index in [1.54, 1.807) is 18.2 Å². The Morgan fingerprint density at radius 1 is 1.43 bits per heavy atom. The second-order valence-electron chi connectivity index (χ2n) is 5.29. The summed E-state index contributed by atoms with van der Waals surface area (Å²) >= 11 is 12.3. The molecule has 0 bridgehead atoms. The zero-order valence-electron chi connectivity index (χ0n) is 12.0. The van der Waals surface area contributed by atoms with Crippen molar-refractivity contribution in [2.45, 2.75) is 32.7 Å². The fourth-order valence-corrected chi connectivity index (χ4v) is 2.91. The highest BCUT2D eigenvalue weighted by Gasteiger charge is 2.36. The first kappa shape index (κ1) is 16.1. The lowest BCUT2D eigenvalue weighted by Gasteiger charge is -2.20. The third-order valence-corrected chi connectivity index (χ3v) is 4.31. The van der Waals surface area contributed by atoms with Gasteiger partial charge in [0.2, 0.25) is 11.8 Å². The van der Waals surface area contributed by atoms with Crippen LogP contribution >= 0.6 is 23.2 Å². The van der Waals surface area contributed by atoms with Crippen LogP contribution in [-0.2, 0) is 9.59 Å². The van der Waals surface area contributed by atoms with Crippen molar-refractivity contribution in [2.24, 2.45) is 5.92 Å². The highest BCUT2D eigenvalue weighted by molar-refractivity contribution is 6.40. The Bertz CT molecular complexity index is 542. The molecule has 2 unspecified atom stereocenters. The fourth-order valence-electron chi connectivity index (χ4n) is 2.31. The van der Waals surface area contributed by atoms with E-state index in [1.165, 1.54) is 4.90 Å². The topological polar surface area (TPSA) is 49.4 Å². The van der Waals surface area contributed by atoms with Crippen LogP contribution < -0.4 is 10.2 Å². The van der Waals surface area contributed by atoms with Crippen molar-refractivity contribution in [1.82, 2.24) is 5.32 Å². The Balaban J connectivity index is 2.15. The van der Waals surface area contributed by atoms with E-state index in [2.05, 4.69) is 5.32 Å². The van der Waals surface area contributed by atoms with E-state index >= 15 is 0 Å². The van der Waals surface area contributed by atoms with Gasteiger partial charge in [0.1, 0.15) is 0 Å². The van der Waals surface area contributed by atoms with Crippen LogP contribution in [0.3, 0.4) is 0 Å². The van der Waals surface area contributed by atoms with Crippen molar-refractivity contribution in [3.8, 4) is 0 Å². The van der Waals surface area contributed by atoms with Crippen molar-refractivity contribution < 1.29 is 9.59 Å². The van der Waals surface area contributed by atoms with Crippen LogP contribution in [0.1, 0.15) is 26.7 Å². The van der Waals surface area contributed by atoms with Gasteiger partial charge in [0.15, 0.2) is 0 Å². The Labute approximate surface area is 134 Å². The summed E-state index contributed by atoms with van der Waals surface area (Å²) in [4.78, 5) is 25.8. The summed E-state index contributed by atoms with van der Waals surface area (Å²) in [6, 6.07) is 5.19. The third kappa shape index (κ3) is 3.50. The van der Waals surface area contributed by atoms with Gasteiger partial charge in [-0.05, 0) is 25.5 Å². The monoisotopic (exact) mass is 328 g/mol. The molecule has 1 heterocycles. The number of para-hydroxylation sites is 1. The molecule has 2 atom stereocenters. The summed E-state index contributed by atoms with van der Waals surface area (Å²) in [6.07, 6.45) is 1.04. The van der Waals surface area contributed by atoms with Crippen molar-refractivity contribution in [3.63, 3.8) is 0 Å². The van der Waals surface area contributed by atoms with Gasteiger partial charge in [0.25, 0.3) is 0 Å². The lowest BCUT2D eigenvalue weighted by molar-refractivity contribution is -0.126. The molecule has 0 aromatic heterocycles. The molecule has 2 amide bonds. The van der Waals surface area contributed by atoms with Crippen LogP contribution in [0.25, 0.3) is 0 Å². The van der Waals surface area contributed by atoms with E-state index in [-0.39, 0.29) is 30.2 Å². The van der Waals surface area contributed by atoms with Gasteiger partial charge in [-0.3, -0.25) is 9.59 Å². The molecule has 2 rings (SSSR count). The van der Waals surface area contributed by atoms with Gasteiger partial charge in [-0.1, -0.05) is 36.2 Å². The third-order valence-electron chi connectivity index (χ3n) is 3.70. The van der Waals surface area contributed by atoms with Gasteiger partial charge < -0.3 is 10.2 Å². The predicted molar refractivity (Wildman–Crippen MR) is 84.8 cm³/mol. The number of halogens is 2. The van der Waals surface area contributed by atoms with E-state index in [9.17, 15) is 9.59 Å². The van der Waals surface area contributed by atoms with Crippen molar-refractivity contribution in [1.29, 1.82) is 0 Å². The molecule has 21 heavy (non-hydrogen) atoms. The fraction of sp³-hybridized carbons (Fsp3) is 0.467. The van der Waals surface area contributed by atoms with Gasteiger partial charge >= 0.3 is 0 Å². The van der Waals surface area contributed by atoms with Crippen molar-refractivity contribution in [3.05, 3.63) is 28.2 Å². The molecule has 0 aliphatic carbocycles. The molecule has 1 aromatic rings. The average molecular weight is 329 g/mol. The van der Waals surface area contributed by atoms with Gasteiger partial charge in [-0.25, -0.2) is 0 Å². The normalized spacial score (nSPS) is 19.7. The van der Waals surface area contributed by atoms with Gasteiger partial charge in [0, 0.05) is 19.0 Å². The molecule has 6 heteroatoms. The second-order valence-corrected chi connectivity index (χ2v) is 6.11. The van der Waals surface area contributed by atoms with Crippen LogP contribution in [0.4, 0.5) is 5.69 Å². The summed E-state index contributed by atoms with van der Waals surface area (Å²) in [6.45, 7) is 4.25. The minimum absolute atomic E-state index is 0.0941. The van der Waals surface area contributed by atoms with Crippen LogP contribution in [0.2, 0.25) is 10.0 Å². The van der Waals surface area contributed by atoms with E-state index in [4.69, 9.17) is 23.2 Å². The first-order valence-corrected chi connectivity index (χ1v) is 7.74. The molecular formula is C15H18Cl2N2O2. The van der Waals surface area contributed by atoms with Crippen LogP contribution in [0.15, 0.2) is 18.2 Å². The molecule has 4 nitrogen and oxygen atoms in total. The molecule has 0 spiro atoms. The molecule has 0 radical (unpaired) electrons. The van der Waals surface area contributed by atoms with Gasteiger partial charge in [0.05, 0.1) is 21.7 Å². The number of benzene rings is 1. The number of nitrogens with one attached hydrogen (secondary N) is 1. The number of amides is 2. The molecule has 1 N–H and O–H groups in total. The summed E-state index contributed by atoms with van der Waals surface area (Å²) < 4.78 is 0. The number of anilines is 1. The summed E-state index contributed by atoms with van der Waals surface area (Å²) in [5, 5.41) is 3.74. The number of carbonyl (C=O) groups is 2.